The van der Waals surface area contributed by atoms with Crippen molar-refractivity contribution in [1.82, 2.24) is 14.1 Å². The Bertz CT molecular complexity index is 692. The van der Waals surface area contributed by atoms with Gasteiger partial charge in [0.2, 0.25) is 10.0 Å². The van der Waals surface area contributed by atoms with Crippen LogP contribution < -0.4 is 0 Å². The van der Waals surface area contributed by atoms with Gasteiger partial charge in [0, 0.05) is 44.8 Å². The molecule has 27 heavy (non-hydrogen) atoms. The van der Waals surface area contributed by atoms with E-state index in [9.17, 15) is 13.2 Å². The van der Waals surface area contributed by atoms with Crippen molar-refractivity contribution in [3.05, 3.63) is 29.8 Å². The first-order chi connectivity index (χ1) is 12.9. The normalized spacial score (nSPS) is 16.1. The summed E-state index contributed by atoms with van der Waals surface area (Å²) in [5.74, 6) is -0.0185. The fraction of sp³-hybridized carbons (Fsp3) is 0.650. The van der Waals surface area contributed by atoms with Crippen LogP contribution in [-0.4, -0.2) is 74.2 Å². The molecule has 2 rings (SSSR count). The zero-order chi connectivity index (χ0) is 19.9. The molecule has 0 unspecified atom stereocenters. The lowest BCUT2D eigenvalue weighted by Gasteiger charge is -2.34. The standard InChI is InChI=1S/C20H33N3O3S/c1-4-7-8-13-21-14-16-22(17-15-21)20(24)18-9-11-19(12-10-18)27(25,26)23(5-2)6-3/h9-12H,4-8,13-17H2,1-3H3. The lowest BCUT2D eigenvalue weighted by molar-refractivity contribution is 0.0635. The molecule has 0 radical (unpaired) electrons. The molecule has 152 valence electrons. The molecule has 1 saturated heterocycles. The van der Waals surface area contributed by atoms with E-state index in [2.05, 4.69) is 11.8 Å². The summed E-state index contributed by atoms with van der Waals surface area (Å²) >= 11 is 0. The maximum Gasteiger partial charge on any atom is 0.253 e. The maximum absolute atomic E-state index is 12.7. The monoisotopic (exact) mass is 395 g/mol. The molecule has 7 heteroatoms. The van der Waals surface area contributed by atoms with Gasteiger partial charge < -0.3 is 4.90 Å². The molecule has 0 atom stereocenters. The number of carbonyl (C=O) groups excluding carboxylic acids is 1. The minimum atomic E-state index is -3.49. The van der Waals surface area contributed by atoms with Gasteiger partial charge in [-0.3, -0.25) is 9.69 Å². The predicted molar refractivity (Wildman–Crippen MR) is 108 cm³/mol. The Morgan fingerprint density at radius 3 is 2.07 bits per heavy atom. The molecule has 1 amide bonds. The first-order valence-electron chi connectivity index (χ1n) is 10.1. The van der Waals surface area contributed by atoms with E-state index in [4.69, 9.17) is 0 Å². The van der Waals surface area contributed by atoms with Crippen LogP contribution in [0.25, 0.3) is 0 Å². The summed E-state index contributed by atoms with van der Waals surface area (Å²) in [6, 6.07) is 6.35. The van der Waals surface area contributed by atoms with Crippen molar-refractivity contribution in [2.45, 2.75) is 44.9 Å². The first-order valence-corrected chi connectivity index (χ1v) is 11.5. The maximum atomic E-state index is 12.7. The molecule has 1 fully saturated rings. The number of carbonyl (C=O) groups is 1. The Morgan fingerprint density at radius 1 is 0.963 bits per heavy atom. The van der Waals surface area contributed by atoms with E-state index in [1.165, 1.54) is 23.6 Å². The fourth-order valence-electron chi connectivity index (χ4n) is 3.42. The van der Waals surface area contributed by atoms with Crippen LogP contribution in [-0.2, 0) is 10.0 Å². The molecular weight excluding hydrogens is 362 g/mol. The van der Waals surface area contributed by atoms with Crippen molar-refractivity contribution >= 4 is 15.9 Å². The Morgan fingerprint density at radius 2 is 1.56 bits per heavy atom. The minimum Gasteiger partial charge on any atom is -0.336 e. The molecule has 1 aliphatic heterocycles. The topological polar surface area (TPSA) is 60.9 Å². The van der Waals surface area contributed by atoms with E-state index in [1.807, 2.05) is 18.7 Å². The number of hydrogen-bond acceptors (Lipinski definition) is 4. The lowest BCUT2D eigenvalue weighted by Crippen LogP contribution is -2.48. The Kier molecular flexibility index (Phi) is 8.26. The molecule has 0 saturated carbocycles. The number of rotatable bonds is 9. The third kappa shape index (κ3) is 5.53. The van der Waals surface area contributed by atoms with Crippen molar-refractivity contribution < 1.29 is 13.2 Å². The first kappa shape index (κ1) is 21.9. The second-order valence-electron chi connectivity index (χ2n) is 6.95. The molecule has 1 aromatic rings. The largest absolute Gasteiger partial charge is 0.336 e. The average Bonchev–Trinajstić information content (AvgIpc) is 2.69. The number of piperazine rings is 1. The van der Waals surface area contributed by atoms with E-state index in [0.717, 1.165) is 32.7 Å². The summed E-state index contributed by atoms with van der Waals surface area (Å²) < 4.78 is 26.5. The third-order valence-electron chi connectivity index (χ3n) is 5.18. The van der Waals surface area contributed by atoms with Gasteiger partial charge in [0.05, 0.1) is 4.90 Å². The van der Waals surface area contributed by atoms with E-state index in [0.29, 0.717) is 18.7 Å². The molecular formula is C20H33N3O3S. The van der Waals surface area contributed by atoms with Gasteiger partial charge in [-0.15, -0.1) is 0 Å². The highest BCUT2D eigenvalue weighted by Crippen LogP contribution is 2.17. The average molecular weight is 396 g/mol. The van der Waals surface area contributed by atoms with Gasteiger partial charge in [-0.05, 0) is 37.2 Å². The quantitative estimate of drug-likeness (QED) is 0.603. The third-order valence-corrected chi connectivity index (χ3v) is 7.25. The summed E-state index contributed by atoms with van der Waals surface area (Å²) in [6.45, 7) is 11.1. The summed E-state index contributed by atoms with van der Waals surface area (Å²) in [4.78, 5) is 17.2. The van der Waals surface area contributed by atoms with Gasteiger partial charge in [-0.25, -0.2) is 8.42 Å². The minimum absolute atomic E-state index is 0.0185. The van der Waals surface area contributed by atoms with Gasteiger partial charge in [-0.1, -0.05) is 33.6 Å². The smallest absolute Gasteiger partial charge is 0.253 e. The van der Waals surface area contributed by atoms with Crippen molar-refractivity contribution in [3.63, 3.8) is 0 Å². The summed E-state index contributed by atoms with van der Waals surface area (Å²) in [5, 5.41) is 0. The molecule has 0 N–H and O–H groups in total. The van der Waals surface area contributed by atoms with E-state index < -0.39 is 10.0 Å². The Balaban J connectivity index is 1.96. The van der Waals surface area contributed by atoms with Crippen LogP contribution in [0.5, 0.6) is 0 Å². The summed E-state index contributed by atoms with van der Waals surface area (Å²) in [7, 11) is -3.49. The fourth-order valence-corrected chi connectivity index (χ4v) is 4.88. The van der Waals surface area contributed by atoms with Gasteiger partial charge in [0.25, 0.3) is 5.91 Å². The summed E-state index contributed by atoms with van der Waals surface area (Å²) in [5.41, 5.74) is 0.549. The Hall–Kier alpha value is -1.44. The second-order valence-corrected chi connectivity index (χ2v) is 8.89. The lowest BCUT2D eigenvalue weighted by atomic mass is 10.1. The van der Waals surface area contributed by atoms with Crippen molar-refractivity contribution in [3.8, 4) is 0 Å². The van der Waals surface area contributed by atoms with E-state index >= 15 is 0 Å². The van der Waals surface area contributed by atoms with E-state index in [-0.39, 0.29) is 10.8 Å². The highest BCUT2D eigenvalue weighted by atomic mass is 32.2. The molecule has 0 aromatic heterocycles. The summed E-state index contributed by atoms with van der Waals surface area (Å²) in [6.07, 6.45) is 3.69. The van der Waals surface area contributed by atoms with Crippen LogP contribution in [0.3, 0.4) is 0 Å². The highest BCUT2D eigenvalue weighted by Gasteiger charge is 2.24. The molecule has 0 bridgehead atoms. The van der Waals surface area contributed by atoms with Crippen LogP contribution in [0.15, 0.2) is 29.2 Å². The van der Waals surface area contributed by atoms with E-state index in [1.54, 1.807) is 24.3 Å². The highest BCUT2D eigenvalue weighted by molar-refractivity contribution is 7.89. The molecule has 1 heterocycles. The molecule has 1 aliphatic rings. The SMILES string of the molecule is CCCCCN1CCN(C(=O)c2ccc(S(=O)(=O)N(CC)CC)cc2)CC1. The zero-order valence-electron chi connectivity index (χ0n) is 16.9. The number of hydrogen-bond donors (Lipinski definition) is 0. The number of nitrogens with zero attached hydrogens (tertiary/aromatic N) is 3. The van der Waals surface area contributed by atoms with Crippen LogP contribution >= 0.6 is 0 Å². The predicted octanol–water partition coefficient (Wildman–Crippen LogP) is 2.67. The number of benzene rings is 1. The van der Waals surface area contributed by atoms with Crippen LogP contribution in [0.2, 0.25) is 0 Å². The molecule has 6 nitrogen and oxygen atoms in total. The van der Waals surface area contributed by atoms with Crippen LogP contribution in [0, 0.1) is 0 Å². The van der Waals surface area contributed by atoms with Gasteiger partial charge >= 0.3 is 0 Å². The van der Waals surface area contributed by atoms with Crippen molar-refractivity contribution in [2.75, 3.05) is 45.8 Å². The van der Waals surface area contributed by atoms with Crippen LogP contribution in [0.1, 0.15) is 50.4 Å². The Labute approximate surface area is 164 Å². The zero-order valence-corrected chi connectivity index (χ0v) is 17.7. The van der Waals surface area contributed by atoms with Gasteiger partial charge in [-0.2, -0.15) is 4.31 Å². The van der Waals surface area contributed by atoms with Crippen LogP contribution in [0.4, 0.5) is 0 Å². The van der Waals surface area contributed by atoms with Crippen molar-refractivity contribution in [2.24, 2.45) is 0 Å². The molecule has 1 aromatic carbocycles. The van der Waals surface area contributed by atoms with Crippen molar-refractivity contribution in [1.29, 1.82) is 0 Å². The van der Waals surface area contributed by atoms with Gasteiger partial charge in [0.15, 0.2) is 0 Å². The second kappa shape index (κ2) is 10.2. The molecule has 0 spiro atoms. The number of sulfonamides is 1. The number of unbranched alkanes of at least 4 members (excludes halogenated alkanes) is 2. The molecule has 0 aliphatic carbocycles. The number of amides is 1. The van der Waals surface area contributed by atoms with Gasteiger partial charge in [0.1, 0.15) is 0 Å².